The zero-order chi connectivity index (χ0) is 19.1. The van der Waals surface area contributed by atoms with Crippen LogP contribution in [-0.4, -0.2) is 74.1 Å². The highest BCUT2D eigenvalue weighted by atomic mass is 127. The Bertz CT molecular complexity index is 647. The van der Waals surface area contributed by atoms with Gasteiger partial charge in [-0.05, 0) is 42.5 Å². The van der Waals surface area contributed by atoms with Gasteiger partial charge in [0.25, 0.3) is 0 Å². The zero-order valence-electron chi connectivity index (χ0n) is 17.1. The molecular weight excluding hydrogens is 503 g/mol. The first-order valence-corrected chi connectivity index (χ1v) is 12.0. The normalized spacial score (nSPS) is 23.3. The lowest BCUT2D eigenvalue weighted by Crippen LogP contribution is -2.60. The van der Waals surface area contributed by atoms with Gasteiger partial charge in [-0.15, -0.1) is 35.7 Å². The Kier molecular flexibility index (Phi) is 10.2. The van der Waals surface area contributed by atoms with Gasteiger partial charge in [-0.1, -0.05) is 12.1 Å². The smallest absolute Gasteiger partial charge is 0.191 e. The first-order valence-electron chi connectivity index (χ1n) is 9.65. The van der Waals surface area contributed by atoms with Crippen molar-refractivity contribution in [3.8, 4) is 0 Å². The fraction of sp³-hybridized carbons (Fsp3) is 0.650. The molecule has 1 unspecified atom stereocenters. The van der Waals surface area contributed by atoms with Crippen LogP contribution in [0.4, 0.5) is 0 Å². The molecule has 2 saturated heterocycles. The molecule has 0 radical (unpaired) electrons. The number of aliphatic imine (C=N–C) groups is 1. The number of guanidine groups is 1. The highest BCUT2D eigenvalue weighted by molar-refractivity contribution is 14.0. The van der Waals surface area contributed by atoms with Crippen molar-refractivity contribution < 1.29 is 4.74 Å². The van der Waals surface area contributed by atoms with E-state index in [1.54, 1.807) is 11.8 Å². The number of hydrogen-bond donors (Lipinski definition) is 2. The quantitative estimate of drug-likeness (QED) is 0.252. The van der Waals surface area contributed by atoms with E-state index in [2.05, 4.69) is 63.7 Å². The lowest BCUT2D eigenvalue weighted by atomic mass is 9.95. The third kappa shape index (κ3) is 6.17. The minimum atomic E-state index is 0. The van der Waals surface area contributed by atoms with Crippen LogP contribution < -0.4 is 10.6 Å². The molecule has 2 N–H and O–H groups in total. The first kappa shape index (κ1) is 24.1. The van der Waals surface area contributed by atoms with E-state index < -0.39 is 0 Å². The van der Waals surface area contributed by atoms with Crippen LogP contribution in [0.1, 0.15) is 17.5 Å². The maximum Gasteiger partial charge on any atom is 0.191 e. The maximum absolute atomic E-state index is 5.56. The Morgan fingerprint density at radius 2 is 2.11 bits per heavy atom. The van der Waals surface area contributed by atoms with E-state index in [9.17, 15) is 0 Å². The van der Waals surface area contributed by atoms with E-state index in [0.717, 1.165) is 45.4 Å². The molecule has 2 fully saturated rings. The summed E-state index contributed by atoms with van der Waals surface area (Å²) >= 11 is 3.86. The van der Waals surface area contributed by atoms with Gasteiger partial charge in [-0.25, -0.2) is 0 Å². The van der Waals surface area contributed by atoms with Gasteiger partial charge in [0, 0.05) is 49.4 Å². The molecule has 1 atom stereocenters. The molecule has 0 bridgehead atoms. The molecule has 0 aliphatic carbocycles. The summed E-state index contributed by atoms with van der Waals surface area (Å²) in [6.45, 7) is 7.64. The number of nitrogens with one attached hydrogen (secondary N) is 2. The van der Waals surface area contributed by atoms with E-state index in [4.69, 9.17) is 4.74 Å². The van der Waals surface area contributed by atoms with Crippen molar-refractivity contribution in [3.63, 3.8) is 0 Å². The van der Waals surface area contributed by atoms with Crippen molar-refractivity contribution in [1.29, 1.82) is 0 Å². The number of hydrogen-bond acceptors (Lipinski definition) is 5. The maximum atomic E-state index is 5.56. The summed E-state index contributed by atoms with van der Waals surface area (Å²) in [7, 11) is 1.85. The molecule has 1 aromatic rings. The third-order valence-corrected chi connectivity index (χ3v) is 7.52. The molecule has 0 aromatic heterocycles. The van der Waals surface area contributed by atoms with Crippen molar-refractivity contribution in [2.75, 3.05) is 57.7 Å². The number of rotatable bonds is 6. The second-order valence-corrected chi connectivity index (χ2v) is 9.17. The molecule has 28 heavy (non-hydrogen) atoms. The Labute approximate surface area is 195 Å². The van der Waals surface area contributed by atoms with Crippen molar-refractivity contribution in [2.24, 2.45) is 4.99 Å². The predicted octanol–water partition coefficient (Wildman–Crippen LogP) is 3.21. The summed E-state index contributed by atoms with van der Waals surface area (Å²) in [5, 5.41) is 7.10. The number of ether oxygens (including phenoxy) is 1. The SMILES string of the molecule is CN=C(NCc1ccc(C)cc1SC)NCC1(N2CCOCC2)CCSC1.I. The second-order valence-electron chi connectivity index (χ2n) is 7.22. The molecule has 2 aliphatic rings. The zero-order valence-corrected chi connectivity index (χ0v) is 21.1. The van der Waals surface area contributed by atoms with Crippen molar-refractivity contribution in [3.05, 3.63) is 29.3 Å². The number of morpholine rings is 1. The van der Waals surface area contributed by atoms with E-state index in [1.807, 2.05) is 7.05 Å². The van der Waals surface area contributed by atoms with Crippen molar-refractivity contribution in [2.45, 2.75) is 30.3 Å². The molecule has 5 nitrogen and oxygen atoms in total. The summed E-state index contributed by atoms with van der Waals surface area (Å²) in [6, 6.07) is 6.64. The summed E-state index contributed by atoms with van der Waals surface area (Å²) in [6.07, 6.45) is 3.37. The largest absolute Gasteiger partial charge is 0.379 e. The van der Waals surface area contributed by atoms with Gasteiger partial charge in [0.15, 0.2) is 5.96 Å². The van der Waals surface area contributed by atoms with Gasteiger partial charge in [-0.2, -0.15) is 11.8 Å². The fourth-order valence-corrected chi connectivity index (χ4v) is 5.96. The molecule has 0 amide bonds. The van der Waals surface area contributed by atoms with Crippen LogP contribution >= 0.6 is 47.5 Å². The summed E-state index contributed by atoms with van der Waals surface area (Å²) < 4.78 is 5.56. The number of benzene rings is 1. The molecule has 2 heterocycles. The van der Waals surface area contributed by atoms with E-state index in [1.165, 1.54) is 33.9 Å². The predicted molar refractivity (Wildman–Crippen MR) is 134 cm³/mol. The van der Waals surface area contributed by atoms with Crippen LogP contribution in [0.3, 0.4) is 0 Å². The lowest BCUT2D eigenvalue weighted by molar-refractivity contribution is -0.0120. The average Bonchev–Trinajstić information content (AvgIpc) is 3.19. The van der Waals surface area contributed by atoms with E-state index >= 15 is 0 Å². The minimum Gasteiger partial charge on any atom is -0.379 e. The van der Waals surface area contributed by atoms with Crippen LogP contribution in [0.15, 0.2) is 28.1 Å². The number of nitrogens with zero attached hydrogens (tertiary/aromatic N) is 2. The molecule has 8 heteroatoms. The Hall–Kier alpha value is -0.160. The van der Waals surface area contributed by atoms with Crippen LogP contribution in [0.5, 0.6) is 0 Å². The molecule has 0 saturated carbocycles. The highest BCUT2D eigenvalue weighted by Crippen LogP contribution is 2.33. The molecule has 3 rings (SSSR count). The minimum absolute atomic E-state index is 0. The van der Waals surface area contributed by atoms with Crippen molar-refractivity contribution in [1.82, 2.24) is 15.5 Å². The van der Waals surface area contributed by atoms with Crippen LogP contribution in [0.25, 0.3) is 0 Å². The van der Waals surface area contributed by atoms with Crippen LogP contribution in [0.2, 0.25) is 0 Å². The van der Waals surface area contributed by atoms with Gasteiger partial charge in [0.2, 0.25) is 0 Å². The first-order chi connectivity index (χ1) is 13.2. The number of halogens is 1. The van der Waals surface area contributed by atoms with E-state index in [-0.39, 0.29) is 29.5 Å². The van der Waals surface area contributed by atoms with Gasteiger partial charge in [0.05, 0.1) is 13.2 Å². The Balaban J connectivity index is 0.00000280. The average molecular weight is 537 g/mol. The van der Waals surface area contributed by atoms with Gasteiger partial charge < -0.3 is 15.4 Å². The topological polar surface area (TPSA) is 48.9 Å². The molecule has 2 aliphatic heterocycles. The standard InChI is InChI=1S/C20H32N4OS2.HI/c1-16-4-5-17(18(12-16)26-3)13-22-19(21-2)23-14-20(6-11-27-15-20)24-7-9-25-10-8-24;/h4-5,12H,6-11,13-15H2,1-3H3,(H2,21,22,23);1H. The Morgan fingerprint density at radius 3 is 2.75 bits per heavy atom. The summed E-state index contributed by atoms with van der Waals surface area (Å²) in [5.74, 6) is 3.31. The van der Waals surface area contributed by atoms with Gasteiger partial charge in [0.1, 0.15) is 0 Å². The third-order valence-electron chi connectivity index (χ3n) is 5.46. The monoisotopic (exact) mass is 536 g/mol. The van der Waals surface area contributed by atoms with Crippen molar-refractivity contribution >= 4 is 53.5 Å². The van der Waals surface area contributed by atoms with E-state index in [0.29, 0.717) is 0 Å². The second kappa shape index (κ2) is 11.9. The summed E-state index contributed by atoms with van der Waals surface area (Å²) in [5.41, 5.74) is 2.84. The van der Waals surface area contributed by atoms with Gasteiger partial charge >= 0.3 is 0 Å². The molecule has 158 valence electrons. The molecular formula is C20H33IN4OS2. The van der Waals surface area contributed by atoms with Crippen LogP contribution in [0, 0.1) is 6.92 Å². The molecule has 1 aromatic carbocycles. The highest BCUT2D eigenvalue weighted by Gasteiger charge is 2.40. The summed E-state index contributed by atoms with van der Waals surface area (Å²) in [4.78, 5) is 8.41. The number of aryl methyl sites for hydroxylation is 1. The number of thioether (sulfide) groups is 2. The van der Waals surface area contributed by atoms with Crippen LogP contribution in [-0.2, 0) is 11.3 Å². The van der Waals surface area contributed by atoms with Gasteiger partial charge in [-0.3, -0.25) is 9.89 Å². The Morgan fingerprint density at radius 1 is 1.32 bits per heavy atom. The fourth-order valence-electron chi connectivity index (χ4n) is 3.78. The molecule has 0 spiro atoms. The lowest BCUT2D eigenvalue weighted by Gasteiger charge is -2.43.